The molecule has 0 aliphatic carbocycles. The summed E-state index contributed by atoms with van der Waals surface area (Å²) in [5, 5.41) is 9.17. The van der Waals surface area contributed by atoms with Gasteiger partial charge in [-0.25, -0.2) is 0 Å². The van der Waals surface area contributed by atoms with Crippen LogP contribution < -0.4 is 0 Å². The van der Waals surface area contributed by atoms with Crippen LogP contribution in [0.15, 0.2) is 0 Å². The first kappa shape index (κ1) is 10.5. The van der Waals surface area contributed by atoms with Crippen molar-refractivity contribution >= 4 is 5.91 Å². The van der Waals surface area contributed by atoms with Crippen LogP contribution in [0.3, 0.4) is 0 Å². The molecule has 1 saturated heterocycles. The molecular formula is C10H19NO2. The van der Waals surface area contributed by atoms with Crippen molar-refractivity contribution in [2.24, 2.45) is 5.41 Å². The average molecular weight is 185 g/mol. The third kappa shape index (κ3) is 1.35. The van der Waals surface area contributed by atoms with E-state index >= 15 is 0 Å². The number of rotatable bonds is 1. The third-order valence-corrected chi connectivity index (χ3v) is 3.51. The second-order valence-electron chi connectivity index (χ2n) is 5.04. The number of carbonyl (C=O) groups excluding carboxylic acids is 1. The predicted molar refractivity (Wildman–Crippen MR) is 51.3 cm³/mol. The summed E-state index contributed by atoms with van der Waals surface area (Å²) in [4.78, 5) is 13.3. The molecule has 1 rings (SSSR count). The molecule has 0 aromatic carbocycles. The Hall–Kier alpha value is -0.570. The van der Waals surface area contributed by atoms with Crippen molar-refractivity contribution in [3.05, 3.63) is 0 Å². The maximum absolute atomic E-state index is 11.5. The molecule has 76 valence electrons. The van der Waals surface area contributed by atoms with Gasteiger partial charge in [0, 0.05) is 17.5 Å². The monoisotopic (exact) mass is 185 g/mol. The Morgan fingerprint density at radius 1 is 1.38 bits per heavy atom. The Morgan fingerprint density at radius 2 is 1.85 bits per heavy atom. The van der Waals surface area contributed by atoms with Crippen LogP contribution in [0.2, 0.25) is 0 Å². The molecule has 1 N–H and O–H groups in total. The highest BCUT2D eigenvalue weighted by molar-refractivity contribution is 5.82. The van der Waals surface area contributed by atoms with Crippen LogP contribution in [0, 0.1) is 5.41 Å². The van der Waals surface area contributed by atoms with Gasteiger partial charge in [0.05, 0.1) is 0 Å². The van der Waals surface area contributed by atoms with Crippen LogP contribution in [0.4, 0.5) is 0 Å². The van der Waals surface area contributed by atoms with E-state index in [1.807, 2.05) is 13.8 Å². The van der Waals surface area contributed by atoms with Crippen molar-refractivity contribution < 1.29 is 9.90 Å². The maximum atomic E-state index is 11.5. The Balaban J connectivity index is 2.75. The lowest BCUT2D eigenvalue weighted by Gasteiger charge is -2.61. The molecular weight excluding hydrogens is 166 g/mol. The number of aliphatic hydroxyl groups is 1. The summed E-state index contributed by atoms with van der Waals surface area (Å²) in [6, 6.07) is 0. The van der Waals surface area contributed by atoms with E-state index in [-0.39, 0.29) is 16.9 Å². The zero-order valence-electron chi connectivity index (χ0n) is 9.09. The van der Waals surface area contributed by atoms with E-state index in [0.717, 1.165) is 6.54 Å². The second-order valence-corrected chi connectivity index (χ2v) is 5.04. The molecule has 0 aromatic rings. The molecule has 1 aliphatic heterocycles. The van der Waals surface area contributed by atoms with Gasteiger partial charge >= 0.3 is 0 Å². The van der Waals surface area contributed by atoms with Gasteiger partial charge in [-0.15, -0.1) is 0 Å². The van der Waals surface area contributed by atoms with Gasteiger partial charge in [0.15, 0.2) is 0 Å². The van der Waals surface area contributed by atoms with Crippen LogP contribution in [0.25, 0.3) is 0 Å². The van der Waals surface area contributed by atoms with E-state index in [2.05, 4.69) is 13.8 Å². The molecule has 0 radical (unpaired) electrons. The first-order valence-electron chi connectivity index (χ1n) is 4.70. The van der Waals surface area contributed by atoms with E-state index in [9.17, 15) is 4.79 Å². The van der Waals surface area contributed by atoms with Crippen molar-refractivity contribution in [1.29, 1.82) is 0 Å². The predicted octanol–water partition coefficient (Wildman–Crippen LogP) is 1.01. The molecule has 1 atom stereocenters. The van der Waals surface area contributed by atoms with Gasteiger partial charge in [0.2, 0.25) is 0 Å². The summed E-state index contributed by atoms with van der Waals surface area (Å²) in [5.41, 5.74) is 0.0125. The standard InChI is InChI=1S/C10H19NO2/c1-7(12)8(13)11-6-9(2,3)10(11,4)5/h7,12H,6H2,1-5H3/t7-/m1/s1. The summed E-state index contributed by atoms with van der Waals surface area (Å²) in [5.74, 6) is -0.163. The lowest BCUT2D eigenvalue weighted by molar-refractivity contribution is -0.174. The van der Waals surface area contributed by atoms with Crippen LogP contribution >= 0.6 is 0 Å². The van der Waals surface area contributed by atoms with Crippen molar-refractivity contribution in [3.8, 4) is 0 Å². The molecule has 3 nitrogen and oxygen atoms in total. The normalized spacial score (nSPS) is 26.5. The van der Waals surface area contributed by atoms with Crippen molar-refractivity contribution in [1.82, 2.24) is 4.90 Å². The average Bonchev–Trinajstić information content (AvgIpc) is 1.98. The minimum atomic E-state index is -0.879. The number of hydrogen-bond donors (Lipinski definition) is 1. The molecule has 1 heterocycles. The quantitative estimate of drug-likeness (QED) is 0.662. The van der Waals surface area contributed by atoms with Gasteiger partial charge in [-0.1, -0.05) is 13.8 Å². The van der Waals surface area contributed by atoms with Crippen molar-refractivity contribution in [2.75, 3.05) is 6.54 Å². The van der Waals surface area contributed by atoms with Gasteiger partial charge in [-0.05, 0) is 20.8 Å². The fourth-order valence-electron chi connectivity index (χ4n) is 1.64. The van der Waals surface area contributed by atoms with Crippen LogP contribution in [-0.2, 0) is 4.79 Å². The van der Waals surface area contributed by atoms with Crippen molar-refractivity contribution in [2.45, 2.75) is 46.3 Å². The topological polar surface area (TPSA) is 40.5 Å². The Kier molecular flexibility index (Phi) is 2.19. The third-order valence-electron chi connectivity index (χ3n) is 3.51. The molecule has 1 amide bonds. The fraction of sp³-hybridized carbons (Fsp3) is 0.900. The summed E-state index contributed by atoms with van der Waals surface area (Å²) in [6.45, 7) is 10.6. The number of aliphatic hydroxyl groups excluding tert-OH is 1. The van der Waals surface area contributed by atoms with Crippen LogP contribution in [-0.4, -0.2) is 34.1 Å². The zero-order chi connectivity index (χ0) is 10.4. The lowest BCUT2D eigenvalue weighted by Crippen LogP contribution is -2.71. The van der Waals surface area contributed by atoms with E-state index in [0.29, 0.717) is 0 Å². The van der Waals surface area contributed by atoms with E-state index in [4.69, 9.17) is 5.11 Å². The number of likely N-dealkylation sites (tertiary alicyclic amines) is 1. The summed E-state index contributed by atoms with van der Waals surface area (Å²) in [6.07, 6.45) is -0.879. The number of amides is 1. The Morgan fingerprint density at radius 3 is 2.08 bits per heavy atom. The van der Waals surface area contributed by atoms with Gasteiger partial charge in [-0.2, -0.15) is 0 Å². The maximum Gasteiger partial charge on any atom is 0.251 e. The molecule has 0 bridgehead atoms. The first-order valence-corrected chi connectivity index (χ1v) is 4.70. The van der Waals surface area contributed by atoms with Crippen LogP contribution in [0.1, 0.15) is 34.6 Å². The zero-order valence-corrected chi connectivity index (χ0v) is 9.09. The molecule has 0 unspecified atom stereocenters. The molecule has 13 heavy (non-hydrogen) atoms. The summed E-state index contributed by atoms with van der Waals surface area (Å²) >= 11 is 0. The first-order chi connectivity index (χ1) is 5.70. The van der Waals surface area contributed by atoms with Crippen LogP contribution in [0.5, 0.6) is 0 Å². The van der Waals surface area contributed by atoms with Gasteiger partial charge in [-0.3, -0.25) is 4.79 Å². The number of carbonyl (C=O) groups is 1. The lowest BCUT2D eigenvalue weighted by atomic mass is 9.65. The molecule has 1 aliphatic rings. The summed E-state index contributed by atoms with van der Waals surface area (Å²) < 4.78 is 0. The van der Waals surface area contributed by atoms with Gasteiger partial charge in [0.1, 0.15) is 6.10 Å². The molecule has 1 fully saturated rings. The second kappa shape index (κ2) is 2.71. The summed E-state index contributed by atoms with van der Waals surface area (Å²) in [7, 11) is 0. The Bertz CT molecular complexity index is 231. The molecule has 0 saturated carbocycles. The largest absolute Gasteiger partial charge is 0.384 e. The molecule has 0 aromatic heterocycles. The van der Waals surface area contributed by atoms with E-state index in [1.165, 1.54) is 6.92 Å². The molecule has 3 heteroatoms. The SMILES string of the molecule is C[C@@H](O)C(=O)N1CC(C)(C)C1(C)C. The smallest absolute Gasteiger partial charge is 0.251 e. The number of nitrogens with zero attached hydrogens (tertiary/aromatic N) is 1. The van der Waals surface area contributed by atoms with E-state index in [1.54, 1.807) is 4.90 Å². The highest BCUT2D eigenvalue weighted by atomic mass is 16.3. The highest BCUT2D eigenvalue weighted by Crippen LogP contribution is 2.46. The highest BCUT2D eigenvalue weighted by Gasteiger charge is 2.54. The molecule has 0 spiro atoms. The van der Waals surface area contributed by atoms with E-state index < -0.39 is 6.10 Å². The minimum absolute atomic E-state index is 0.138. The van der Waals surface area contributed by atoms with Gasteiger partial charge < -0.3 is 10.0 Å². The minimum Gasteiger partial charge on any atom is -0.384 e. The van der Waals surface area contributed by atoms with Gasteiger partial charge in [0.25, 0.3) is 5.91 Å². The van der Waals surface area contributed by atoms with Crippen molar-refractivity contribution in [3.63, 3.8) is 0 Å². The fourth-order valence-corrected chi connectivity index (χ4v) is 1.64. The number of hydrogen-bond acceptors (Lipinski definition) is 2. The Labute approximate surface area is 79.7 Å².